The first-order valence-corrected chi connectivity index (χ1v) is 16.7. The van der Waals surface area contributed by atoms with Gasteiger partial charge in [-0.25, -0.2) is 9.59 Å². The van der Waals surface area contributed by atoms with Crippen LogP contribution in [-0.4, -0.2) is 51.0 Å². The number of benzene rings is 6. The number of Topliss-reactive ketones (excluding diaryl/α,β-unsaturated/α-hetero) is 1. The molecule has 0 bridgehead atoms. The lowest BCUT2D eigenvalue weighted by atomic mass is 9.65. The van der Waals surface area contributed by atoms with Crippen molar-refractivity contribution in [1.82, 2.24) is 0 Å². The minimum atomic E-state index is -0.508. The molecular formula is C40H28B2N4O6. The van der Waals surface area contributed by atoms with E-state index in [-0.39, 0.29) is 29.7 Å². The van der Waals surface area contributed by atoms with E-state index in [1.807, 2.05) is 84.9 Å². The van der Waals surface area contributed by atoms with Crippen LogP contribution in [0, 0.1) is 0 Å². The number of ether oxygens (including phenoxy) is 2. The maximum Gasteiger partial charge on any atom is 0.427 e. The number of carbonyl (C=O) groups is 3. The van der Waals surface area contributed by atoms with Crippen molar-refractivity contribution in [3.8, 4) is 0 Å². The first-order valence-electron chi connectivity index (χ1n) is 16.7. The normalized spacial score (nSPS) is 15.3. The van der Waals surface area contributed by atoms with Crippen LogP contribution in [0.5, 0.6) is 0 Å². The molecule has 0 atom stereocenters. The molecule has 0 spiro atoms. The third-order valence-electron chi connectivity index (χ3n) is 9.98. The Morgan fingerprint density at radius 1 is 0.654 bits per heavy atom. The van der Waals surface area contributed by atoms with Gasteiger partial charge in [0, 0.05) is 38.6 Å². The quantitative estimate of drug-likeness (QED) is 0.157. The number of carbonyl (C=O) groups excluding carboxylic acids is 3. The van der Waals surface area contributed by atoms with E-state index in [9.17, 15) is 19.5 Å². The molecule has 3 aliphatic rings. The van der Waals surface area contributed by atoms with Gasteiger partial charge >= 0.3 is 25.9 Å². The number of esters is 2. The van der Waals surface area contributed by atoms with E-state index in [0.717, 1.165) is 43.8 Å². The molecule has 0 amide bonds. The minimum Gasteiger partial charge on any atom is -0.506 e. The molecule has 12 heteroatoms. The van der Waals surface area contributed by atoms with Crippen LogP contribution < -0.4 is 37.2 Å². The highest BCUT2D eigenvalue weighted by molar-refractivity contribution is 6.80. The molecule has 0 saturated carbocycles. The molecule has 9 rings (SSSR count). The van der Waals surface area contributed by atoms with E-state index in [0.29, 0.717) is 33.0 Å². The summed E-state index contributed by atoms with van der Waals surface area (Å²) in [6.45, 7) is -0.897. The van der Waals surface area contributed by atoms with Gasteiger partial charge in [-0.05, 0) is 58.1 Å². The number of ketones is 1. The number of aliphatic hydroxyl groups is 1. The number of anilines is 3. The maximum atomic E-state index is 14.3. The highest BCUT2D eigenvalue weighted by atomic mass is 16.5. The molecule has 2 aliphatic heterocycles. The monoisotopic (exact) mass is 682 g/mol. The number of nitrogens with zero attached hydrogens (tertiary/aromatic N) is 1. The summed E-state index contributed by atoms with van der Waals surface area (Å²) in [5.41, 5.74) is 5.99. The van der Waals surface area contributed by atoms with Gasteiger partial charge in [0.25, 0.3) is 0 Å². The van der Waals surface area contributed by atoms with E-state index >= 15 is 0 Å². The number of nitrogens with one attached hydrogen (secondary N) is 3. The van der Waals surface area contributed by atoms with Crippen LogP contribution in [0.4, 0.5) is 17.1 Å². The van der Waals surface area contributed by atoms with Crippen LogP contribution in [0.15, 0.2) is 120 Å². The fourth-order valence-corrected chi connectivity index (χ4v) is 7.39. The van der Waals surface area contributed by atoms with Crippen molar-refractivity contribution in [3.63, 3.8) is 0 Å². The average molecular weight is 682 g/mol. The predicted molar refractivity (Wildman–Crippen MR) is 204 cm³/mol. The van der Waals surface area contributed by atoms with Gasteiger partial charge in [-0.3, -0.25) is 4.79 Å². The van der Waals surface area contributed by atoms with E-state index in [1.54, 1.807) is 24.3 Å². The van der Waals surface area contributed by atoms with Crippen molar-refractivity contribution in [2.45, 2.75) is 0 Å². The van der Waals surface area contributed by atoms with E-state index in [1.165, 1.54) is 14.2 Å². The summed E-state index contributed by atoms with van der Waals surface area (Å²) in [5.74, 6) is -1.23. The second kappa shape index (κ2) is 11.9. The van der Waals surface area contributed by atoms with Crippen LogP contribution in [-0.2, 0) is 14.3 Å². The highest BCUT2D eigenvalue weighted by Crippen LogP contribution is 2.45. The summed E-state index contributed by atoms with van der Waals surface area (Å²) in [4.78, 5) is 43.5. The first-order chi connectivity index (χ1) is 25.3. The minimum absolute atomic E-state index is 0.0989. The van der Waals surface area contributed by atoms with Gasteiger partial charge < -0.3 is 35.2 Å². The summed E-state index contributed by atoms with van der Waals surface area (Å²) in [6, 6.07) is 33.6. The molecular weight excluding hydrogens is 654 g/mol. The maximum absolute atomic E-state index is 14.3. The Morgan fingerprint density at radius 3 is 1.88 bits per heavy atom. The Morgan fingerprint density at radius 2 is 1.25 bits per heavy atom. The Balaban J connectivity index is 1.17. The molecule has 52 heavy (non-hydrogen) atoms. The fraction of sp³-hybridized carbons (Fsp3) is 0.0500. The van der Waals surface area contributed by atoms with Gasteiger partial charge in [0.05, 0.1) is 41.8 Å². The molecule has 6 aromatic carbocycles. The van der Waals surface area contributed by atoms with Gasteiger partial charge in [-0.1, -0.05) is 72.8 Å². The Labute approximate surface area is 297 Å². The number of hydrogen-bond acceptors (Lipinski definition) is 10. The SMILES string of the molecule is COC(=O)c1ccc(B2N=c3c(=C4C(=O)C(c5ccc6cccc7c6c5NB(c5ccc(C(=O)OC)cc5)N7)=C4O)ccc4cccc(c34)N2)cc1. The largest absolute Gasteiger partial charge is 0.506 e. The zero-order valence-electron chi connectivity index (χ0n) is 28.0. The molecule has 0 unspecified atom stereocenters. The van der Waals surface area contributed by atoms with Crippen LogP contribution in [0.25, 0.3) is 32.7 Å². The molecule has 0 radical (unpaired) electrons. The van der Waals surface area contributed by atoms with Crippen LogP contribution in [0.2, 0.25) is 0 Å². The Hall–Kier alpha value is -6.81. The molecule has 0 saturated heterocycles. The summed E-state index contributed by atoms with van der Waals surface area (Å²) in [5, 5.41) is 27.2. The van der Waals surface area contributed by atoms with Crippen LogP contribution in [0.3, 0.4) is 0 Å². The second-order valence-corrected chi connectivity index (χ2v) is 12.8. The summed E-state index contributed by atoms with van der Waals surface area (Å²) in [7, 11) is 2.69. The molecule has 0 fully saturated rings. The average Bonchev–Trinajstić information content (AvgIpc) is 3.19. The third-order valence-corrected chi connectivity index (χ3v) is 9.98. The van der Waals surface area contributed by atoms with Crippen molar-refractivity contribution in [1.29, 1.82) is 0 Å². The highest BCUT2D eigenvalue weighted by Gasteiger charge is 2.39. The molecule has 6 aromatic rings. The lowest BCUT2D eigenvalue weighted by Crippen LogP contribution is -2.48. The molecule has 0 aromatic heterocycles. The number of aliphatic hydroxyl groups excluding tert-OH is 1. The van der Waals surface area contributed by atoms with Crippen LogP contribution in [0.1, 0.15) is 26.3 Å². The smallest absolute Gasteiger partial charge is 0.427 e. The van der Waals surface area contributed by atoms with Crippen molar-refractivity contribution in [2.75, 3.05) is 29.9 Å². The summed E-state index contributed by atoms with van der Waals surface area (Å²) in [6.07, 6.45) is 0. The van der Waals surface area contributed by atoms with E-state index in [2.05, 4.69) is 15.7 Å². The first kappa shape index (κ1) is 31.2. The summed E-state index contributed by atoms with van der Waals surface area (Å²) >= 11 is 0. The molecule has 2 heterocycles. The van der Waals surface area contributed by atoms with Crippen molar-refractivity contribution < 1.29 is 29.0 Å². The van der Waals surface area contributed by atoms with Gasteiger partial charge in [0.15, 0.2) is 0 Å². The van der Waals surface area contributed by atoms with Gasteiger partial charge in [-0.15, -0.1) is 0 Å². The number of methoxy groups -OCH3 is 2. The zero-order valence-corrected chi connectivity index (χ0v) is 28.0. The Kier molecular flexibility index (Phi) is 7.14. The lowest BCUT2D eigenvalue weighted by Gasteiger charge is -2.31. The van der Waals surface area contributed by atoms with Gasteiger partial charge in [0.1, 0.15) is 5.76 Å². The topological polar surface area (TPSA) is 138 Å². The summed E-state index contributed by atoms with van der Waals surface area (Å²) < 4.78 is 9.71. The lowest BCUT2D eigenvalue weighted by molar-refractivity contribution is -0.109. The number of allylic oxidation sites excluding steroid dienone is 2. The van der Waals surface area contributed by atoms with Crippen LogP contribution >= 0.6 is 0 Å². The zero-order chi connectivity index (χ0) is 35.7. The van der Waals surface area contributed by atoms with Crippen molar-refractivity contribution in [2.24, 2.45) is 4.90 Å². The number of rotatable bonds is 5. The Bertz CT molecular complexity index is 2710. The van der Waals surface area contributed by atoms with Crippen molar-refractivity contribution in [3.05, 3.63) is 142 Å². The molecule has 4 N–H and O–H groups in total. The fourth-order valence-electron chi connectivity index (χ4n) is 7.39. The van der Waals surface area contributed by atoms with E-state index < -0.39 is 18.9 Å². The predicted octanol–water partition coefficient (Wildman–Crippen LogP) is 3.94. The second-order valence-electron chi connectivity index (χ2n) is 12.8. The third kappa shape index (κ3) is 4.75. The molecule has 250 valence electrons. The number of hydrogen-bond donors (Lipinski definition) is 4. The molecule has 1 aliphatic carbocycles. The molecule has 10 nitrogen and oxygen atoms in total. The van der Waals surface area contributed by atoms with Gasteiger partial charge in [0.2, 0.25) is 5.78 Å². The van der Waals surface area contributed by atoms with E-state index in [4.69, 9.17) is 14.4 Å². The standard InChI is InChI=1S/C40H28B2N4O6/c1-51-39(49)23-9-15-25(16-10-23)41-43-29-7-3-5-21-13-19-27(35(45-41)31(21)29)33-37(47)34(38(33)48)28-20-14-22-6-4-8-30-32(22)36(28)46-42(44-30)26-17-11-24(12-18-26)40(50)52-2/h3-20,43-45,47H,1-2H3. The van der Waals surface area contributed by atoms with Crippen molar-refractivity contribution >= 4 is 92.4 Å². The van der Waals surface area contributed by atoms with Gasteiger partial charge in [-0.2, -0.15) is 0 Å².